The molecule has 0 heterocycles. The second kappa shape index (κ2) is 9.38. The molecule has 5 heteroatoms. The first-order valence-corrected chi connectivity index (χ1v) is 6.76. The van der Waals surface area contributed by atoms with E-state index in [0.29, 0.717) is 6.16 Å². The van der Waals surface area contributed by atoms with Crippen LogP contribution in [0.2, 0.25) is 0 Å². The van der Waals surface area contributed by atoms with Crippen molar-refractivity contribution in [1.82, 2.24) is 0 Å². The highest BCUT2D eigenvalue weighted by atomic mass is 31.1. The van der Waals surface area contributed by atoms with E-state index in [0.717, 1.165) is 25.2 Å². The lowest BCUT2D eigenvalue weighted by atomic mass is 10.5. The predicted molar refractivity (Wildman–Crippen MR) is 57.2 cm³/mol. The number of carboxylic acids is 1. The lowest BCUT2D eigenvalue weighted by Gasteiger charge is -2.15. The van der Waals surface area contributed by atoms with Gasteiger partial charge in [0, 0.05) is 19.6 Å². The normalized spacial score (nSPS) is 10.8. The van der Waals surface area contributed by atoms with Gasteiger partial charge in [0.25, 0.3) is 0 Å². The molecule has 0 atom stereocenters. The van der Waals surface area contributed by atoms with E-state index < -0.39 is 5.97 Å². The van der Waals surface area contributed by atoms with Crippen LogP contribution in [0, 0.1) is 0 Å². The number of aliphatic hydroxyl groups is 2. The first-order valence-electron chi connectivity index (χ1n) is 4.86. The van der Waals surface area contributed by atoms with Gasteiger partial charge in [0.05, 0.1) is 0 Å². The summed E-state index contributed by atoms with van der Waals surface area (Å²) in [6.45, 7) is 0.343. The molecule has 3 N–H and O–H groups in total. The minimum Gasteiger partial charge on any atom is -0.481 e. The molecule has 0 fully saturated rings. The minimum absolute atomic E-state index is 0.172. The second-order valence-corrected chi connectivity index (χ2v) is 5.82. The molecule has 0 saturated carbocycles. The Balaban J connectivity index is 3.65. The Morgan fingerprint density at radius 1 is 1.00 bits per heavy atom. The molecule has 0 aliphatic rings. The average molecular weight is 222 g/mol. The SMILES string of the molecule is O=C(O)CCP(CCCO)CCCO. The fourth-order valence-corrected chi connectivity index (χ4v) is 3.53. The van der Waals surface area contributed by atoms with E-state index in [2.05, 4.69) is 0 Å². The molecule has 0 amide bonds. The summed E-state index contributed by atoms with van der Waals surface area (Å²) in [6.07, 6.45) is 4.25. The van der Waals surface area contributed by atoms with E-state index >= 15 is 0 Å². The summed E-state index contributed by atoms with van der Waals surface area (Å²) in [5.41, 5.74) is 0. The van der Waals surface area contributed by atoms with Crippen LogP contribution < -0.4 is 0 Å². The Kier molecular flexibility index (Phi) is 9.26. The van der Waals surface area contributed by atoms with Crippen molar-refractivity contribution in [3.63, 3.8) is 0 Å². The highest BCUT2D eigenvalue weighted by Gasteiger charge is 2.09. The molecule has 84 valence electrons. The molecule has 0 rings (SSSR count). The lowest BCUT2D eigenvalue weighted by molar-refractivity contribution is -0.136. The van der Waals surface area contributed by atoms with Crippen molar-refractivity contribution >= 4 is 13.9 Å². The molecule has 0 saturated heterocycles. The van der Waals surface area contributed by atoms with Gasteiger partial charge in [0.1, 0.15) is 0 Å². The summed E-state index contributed by atoms with van der Waals surface area (Å²) < 4.78 is 0. The van der Waals surface area contributed by atoms with Gasteiger partial charge in [-0.25, -0.2) is 0 Å². The molecular formula is C9H19O4P. The predicted octanol–water partition coefficient (Wildman–Crippen LogP) is 0.708. The molecule has 0 aliphatic heterocycles. The molecule has 0 spiro atoms. The van der Waals surface area contributed by atoms with Gasteiger partial charge in [-0.15, -0.1) is 7.92 Å². The van der Waals surface area contributed by atoms with Crippen molar-refractivity contribution in [1.29, 1.82) is 0 Å². The van der Waals surface area contributed by atoms with Crippen LogP contribution in [0.15, 0.2) is 0 Å². The standard InChI is InChI=1S/C9H19O4P/c10-4-1-6-14(7-2-5-11)8-3-9(12)13/h10-11H,1-8H2,(H,12,13). The van der Waals surface area contributed by atoms with Gasteiger partial charge in [-0.1, -0.05) is 0 Å². The highest BCUT2D eigenvalue weighted by molar-refractivity contribution is 7.57. The third-order valence-corrected chi connectivity index (χ3v) is 4.66. The topological polar surface area (TPSA) is 77.8 Å². The monoisotopic (exact) mass is 222 g/mol. The smallest absolute Gasteiger partial charge is 0.303 e. The minimum atomic E-state index is -0.759. The van der Waals surface area contributed by atoms with Gasteiger partial charge in [-0.2, -0.15) is 0 Å². The van der Waals surface area contributed by atoms with Gasteiger partial charge in [-0.05, 0) is 31.3 Å². The Morgan fingerprint density at radius 3 is 1.86 bits per heavy atom. The Hall–Kier alpha value is -0.180. The van der Waals surface area contributed by atoms with Crippen LogP contribution in [-0.2, 0) is 4.79 Å². The molecular weight excluding hydrogens is 203 g/mol. The maximum atomic E-state index is 10.4. The Labute approximate surface area is 85.7 Å². The van der Waals surface area contributed by atoms with Crippen LogP contribution in [0.5, 0.6) is 0 Å². The summed E-state index contributed by atoms with van der Waals surface area (Å²) >= 11 is 0. The molecule has 0 bridgehead atoms. The van der Waals surface area contributed by atoms with Crippen molar-refractivity contribution in [2.24, 2.45) is 0 Å². The van der Waals surface area contributed by atoms with Crippen LogP contribution in [0.1, 0.15) is 19.3 Å². The zero-order valence-electron chi connectivity index (χ0n) is 8.35. The van der Waals surface area contributed by atoms with Gasteiger partial charge in [0.15, 0.2) is 0 Å². The van der Waals surface area contributed by atoms with Crippen LogP contribution >= 0.6 is 7.92 Å². The average Bonchev–Trinajstić information content (AvgIpc) is 2.16. The zero-order valence-corrected chi connectivity index (χ0v) is 9.25. The van der Waals surface area contributed by atoms with Crippen LogP contribution in [-0.4, -0.2) is 53.0 Å². The molecule has 4 nitrogen and oxygen atoms in total. The van der Waals surface area contributed by atoms with Gasteiger partial charge < -0.3 is 15.3 Å². The van der Waals surface area contributed by atoms with E-state index in [-0.39, 0.29) is 27.6 Å². The summed E-state index contributed by atoms with van der Waals surface area (Å²) in [4.78, 5) is 10.4. The molecule has 0 aliphatic carbocycles. The van der Waals surface area contributed by atoms with E-state index in [1.807, 2.05) is 0 Å². The third-order valence-electron chi connectivity index (χ3n) is 1.91. The molecule has 0 aromatic rings. The molecule has 0 unspecified atom stereocenters. The van der Waals surface area contributed by atoms with Crippen LogP contribution in [0.3, 0.4) is 0 Å². The van der Waals surface area contributed by atoms with E-state index in [9.17, 15) is 4.79 Å². The maximum Gasteiger partial charge on any atom is 0.303 e. The molecule has 14 heavy (non-hydrogen) atoms. The van der Waals surface area contributed by atoms with E-state index in [4.69, 9.17) is 15.3 Å². The Bertz CT molecular complexity index is 144. The van der Waals surface area contributed by atoms with Crippen LogP contribution in [0.4, 0.5) is 0 Å². The third kappa shape index (κ3) is 8.42. The summed E-state index contributed by atoms with van der Waals surface area (Å²) in [5, 5.41) is 25.9. The largest absolute Gasteiger partial charge is 0.481 e. The summed E-state index contributed by atoms with van der Waals surface area (Å²) in [7, 11) is -0.306. The maximum absolute atomic E-state index is 10.4. The first-order chi connectivity index (χ1) is 6.70. The number of hydrogen-bond acceptors (Lipinski definition) is 3. The highest BCUT2D eigenvalue weighted by Crippen LogP contribution is 2.37. The van der Waals surface area contributed by atoms with Crippen molar-refractivity contribution in [3.05, 3.63) is 0 Å². The second-order valence-electron chi connectivity index (χ2n) is 3.14. The fraction of sp³-hybridized carbons (Fsp3) is 0.889. The number of carboxylic acid groups (broad SMARTS) is 1. The van der Waals surface area contributed by atoms with Crippen molar-refractivity contribution in [3.8, 4) is 0 Å². The molecule has 0 aromatic carbocycles. The number of aliphatic hydroxyl groups excluding tert-OH is 2. The zero-order chi connectivity index (χ0) is 10.8. The number of carbonyl (C=O) groups is 1. The van der Waals surface area contributed by atoms with Gasteiger partial charge in [-0.3, -0.25) is 4.79 Å². The Morgan fingerprint density at radius 2 is 1.50 bits per heavy atom. The van der Waals surface area contributed by atoms with E-state index in [1.165, 1.54) is 0 Å². The van der Waals surface area contributed by atoms with Crippen molar-refractivity contribution < 1.29 is 20.1 Å². The van der Waals surface area contributed by atoms with Crippen molar-refractivity contribution in [2.45, 2.75) is 19.3 Å². The first kappa shape index (κ1) is 13.8. The van der Waals surface area contributed by atoms with E-state index in [1.54, 1.807) is 0 Å². The summed E-state index contributed by atoms with van der Waals surface area (Å²) in [6, 6.07) is 0. The van der Waals surface area contributed by atoms with Gasteiger partial charge >= 0.3 is 5.97 Å². The number of hydrogen-bond donors (Lipinski definition) is 3. The van der Waals surface area contributed by atoms with Crippen LogP contribution in [0.25, 0.3) is 0 Å². The molecule has 0 radical (unpaired) electrons. The van der Waals surface area contributed by atoms with Crippen molar-refractivity contribution in [2.75, 3.05) is 31.7 Å². The van der Waals surface area contributed by atoms with Gasteiger partial charge in [0.2, 0.25) is 0 Å². The molecule has 0 aromatic heterocycles. The summed E-state index contributed by atoms with van der Waals surface area (Å²) in [5.74, 6) is -0.759. The number of rotatable bonds is 9. The quantitative estimate of drug-likeness (QED) is 0.502. The lowest BCUT2D eigenvalue weighted by Crippen LogP contribution is -2.03. The number of aliphatic carboxylic acids is 1. The fourth-order valence-electron chi connectivity index (χ4n) is 1.18.